The summed E-state index contributed by atoms with van der Waals surface area (Å²) in [6, 6.07) is 15.2. The van der Waals surface area contributed by atoms with Gasteiger partial charge in [-0.2, -0.15) is 0 Å². The highest BCUT2D eigenvalue weighted by molar-refractivity contribution is 6.06. The van der Waals surface area contributed by atoms with Gasteiger partial charge in [0.25, 0.3) is 11.8 Å². The largest absolute Gasteiger partial charge is 0.352 e. The average molecular weight is 391 g/mol. The number of amides is 2. The van der Waals surface area contributed by atoms with E-state index < -0.39 is 0 Å². The number of rotatable bonds is 7. The number of carbonyl (C=O) groups is 2. The third-order valence-corrected chi connectivity index (χ3v) is 4.52. The van der Waals surface area contributed by atoms with Gasteiger partial charge >= 0.3 is 0 Å². The number of aryl methyl sites for hydroxylation is 1. The summed E-state index contributed by atoms with van der Waals surface area (Å²) in [6.07, 6.45) is 4.22. The van der Waals surface area contributed by atoms with Crippen LogP contribution in [-0.2, 0) is 12.8 Å². The van der Waals surface area contributed by atoms with Crippen molar-refractivity contribution in [1.82, 2.24) is 10.3 Å². The summed E-state index contributed by atoms with van der Waals surface area (Å²) in [7, 11) is 0. The molecule has 1 heterocycles. The Bertz CT molecular complexity index is 1000. The van der Waals surface area contributed by atoms with E-state index in [1.54, 1.807) is 12.1 Å². The summed E-state index contributed by atoms with van der Waals surface area (Å²) in [5, 5.41) is 5.66. The lowest BCUT2D eigenvalue weighted by Crippen LogP contribution is -2.26. The second-order valence-corrected chi connectivity index (χ2v) is 6.56. The maximum atomic E-state index is 12.9. The molecule has 1 aromatic heterocycles. The Morgan fingerprint density at radius 3 is 2.38 bits per heavy atom. The van der Waals surface area contributed by atoms with Crippen LogP contribution >= 0.6 is 0 Å². The number of halogens is 1. The number of carbonyl (C=O) groups excluding carboxylic acids is 2. The first-order valence-corrected chi connectivity index (χ1v) is 9.43. The predicted octanol–water partition coefficient (Wildman–Crippen LogP) is 4.01. The molecule has 0 bridgehead atoms. The number of para-hydroxylation sites is 1. The monoisotopic (exact) mass is 391 g/mol. The molecule has 0 fully saturated rings. The molecule has 0 radical (unpaired) electrons. The number of benzene rings is 2. The minimum atomic E-state index is -0.320. The zero-order valence-electron chi connectivity index (χ0n) is 16.1. The van der Waals surface area contributed by atoms with E-state index >= 15 is 0 Å². The number of pyridine rings is 1. The standard InChI is InChI=1S/C23H22FN3O2/c1-2-17-5-3-4-6-21(17)27-23(29)19-13-18(14-25-15-19)22(28)26-12-11-16-7-9-20(24)10-8-16/h3-10,13-15H,2,11-12H2,1H3,(H,26,28)(H,27,29). The molecule has 0 spiro atoms. The second kappa shape index (κ2) is 9.59. The molecule has 0 aliphatic carbocycles. The molecule has 0 saturated carbocycles. The van der Waals surface area contributed by atoms with Crippen LogP contribution in [0.15, 0.2) is 67.0 Å². The Labute approximate surface area is 169 Å². The number of nitrogens with zero attached hydrogens (tertiary/aromatic N) is 1. The lowest BCUT2D eigenvalue weighted by atomic mass is 10.1. The normalized spacial score (nSPS) is 10.4. The molecule has 5 nitrogen and oxygen atoms in total. The highest BCUT2D eigenvalue weighted by Gasteiger charge is 2.12. The van der Waals surface area contributed by atoms with E-state index in [1.165, 1.54) is 30.6 Å². The quantitative estimate of drug-likeness (QED) is 0.639. The summed E-state index contributed by atoms with van der Waals surface area (Å²) >= 11 is 0. The van der Waals surface area contributed by atoms with Gasteiger partial charge in [0.2, 0.25) is 0 Å². The van der Waals surface area contributed by atoms with Crippen molar-refractivity contribution in [2.24, 2.45) is 0 Å². The van der Waals surface area contributed by atoms with E-state index in [2.05, 4.69) is 15.6 Å². The smallest absolute Gasteiger partial charge is 0.257 e. The van der Waals surface area contributed by atoms with Gasteiger partial charge in [0.1, 0.15) is 5.82 Å². The lowest BCUT2D eigenvalue weighted by Gasteiger charge is -2.10. The highest BCUT2D eigenvalue weighted by atomic mass is 19.1. The fraction of sp³-hybridized carbons (Fsp3) is 0.174. The number of nitrogens with one attached hydrogen (secondary N) is 2. The fourth-order valence-corrected chi connectivity index (χ4v) is 2.91. The van der Waals surface area contributed by atoms with Crippen LogP contribution in [0, 0.1) is 5.82 Å². The number of hydrogen-bond donors (Lipinski definition) is 2. The van der Waals surface area contributed by atoms with Gasteiger partial charge in [-0.1, -0.05) is 37.3 Å². The van der Waals surface area contributed by atoms with Crippen molar-refractivity contribution in [3.63, 3.8) is 0 Å². The van der Waals surface area contributed by atoms with Crippen LogP contribution < -0.4 is 10.6 Å². The zero-order valence-corrected chi connectivity index (χ0v) is 16.1. The van der Waals surface area contributed by atoms with Crippen molar-refractivity contribution in [2.75, 3.05) is 11.9 Å². The van der Waals surface area contributed by atoms with Crippen LogP contribution in [0.5, 0.6) is 0 Å². The molecule has 2 aromatic carbocycles. The van der Waals surface area contributed by atoms with Crippen molar-refractivity contribution in [3.05, 3.63) is 95.1 Å². The van der Waals surface area contributed by atoms with E-state index in [-0.39, 0.29) is 17.6 Å². The van der Waals surface area contributed by atoms with Crippen LogP contribution in [-0.4, -0.2) is 23.3 Å². The molecular formula is C23H22FN3O2. The molecule has 29 heavy (non-hydrogen) atoms. The Morgan fingerprint density at radius 2 is 1.66 bits per heavy atom. The van der Waals surface area contributed by atoms with Gasteiger partial charge < -0.3 is 10.6 Å². The molecule has 3 rings (SSSR count). The Kier molecular flexibility index (Phi) is 6.68. The Balaban J connectivity index is 1.61. The summed E-state index contributed by atoms with van der Waals surface area (Å²) < 4.78 is 12.9. The molecule has 0 aliphatic heterocycles. The van der Waals surface area contributed by atoms with Gasteiger partial charge in [-0.15, -0.1) is 0 Å². The van der Waals surface area contributed by atoms with E-state index in [0.29, 0.717) is 24.1 Å². The fourth-order valence-electron chi connectivity index (χ4n) is 2.91. The van der Waals surface area contributed by atoms with Gasteiger partial charge in [-0.3, -0.25) is 14.6 Å². The van der Waals surface area contributed by atoms with Crippen molar-refractivity contribution >= 4 is 17.5 Å². The Morgan fingerprint density at radius 1 is 0.966 bits per heavy atom. The molecule has 148 valence electrons. The third kappa shape index (κ3) is 5.48. The van der Waals surface area contributed by atoms with Crippen molar-refractivity contribution < 1.29 is 14.0 Å². The summed E-state index contributed by atoms with van der Waals surface area (Å²) in [6.45, 7) is 2.41. The average Bonchev–Trinajstić information content (AvgIpc) is 2.75. The molecule has 6 heteroatoms. The maximum Gasteiger partial charge on any atom is 0.257 e. The van der Waals surface area contributed by atoms with E-state index in [1.807, 2.05) is 31.2 Å². The first kappa shape index (κ1) is 20.2. The van der Waals surface area contributed by atoms with Gasteiger partial charge in [0.05, 0.1) is 11.1 Å². The van der Waals surface area contributed by atoms with E-state index in [9.17, 15) is 14.0 Å². The van der Waals surface area contributed by atoms with Crippen LogP contribution in [0.3, 0.4) is 0 Å². The molecule has 0 saturated heterocycles. The molecule has 2 N–H and O–H groups in total. The maximum absolute atomic E-state index is 12.9. The van der Waals surface area contributed by atoms with Crippen LogP contribution in [0.25, 0.3) is 0 Å². The minimum absolute atomic E-state index is 0.291. The molecule has 3 aromatic rings. The summed E-state index contributed by atoms with van der Waals surface area (Å²) in [4.78, 5) is 29.0. The van der Waals surface area contributed by atoms with Gasteiger partial charge in [-0.05, 0) is 48.2 Å². The Hall–Kier alpha value is -3.54. The van der Waals surface area contributed by atoms with E-state index in [4.69, 9.17) is 0 Å². The van der Waals surface area contributed by atoms with Gasteiger partial charge in [0, 0.05) is 24.6 Å². The molecule has 2 amide bonds. The molecule has 0 unspecified atom stereocenters. The lowest BCUT2D eigenvalue weighted by molar-refractivity contribution is 0.0953. The van der Waals surface area contributed by atoms with Crippen molar-refractivity contribution in [3.8, 4) is 0 Å². The highest BCUT2D eigenvalue weighted by Crippen LogP contribution is 2.16. The third-order valence-electron chi connectivity index (χ3n) is 4.52. The first-order valence-electron chi connectivity index (χ1n) is 9.43. The molecule has 0 aliphatic rings. The molecular weight excluding hydrogens is 369 g/mol. The topological polar surface area (TPSA) is 71.1 Å². The predicted molar refractivity (Wildman–Crippen MR) is 110 cm³/mol. The van der Waals surface area contributed by atoms with Crippen molar-refractivity contribution in [1.29, 1.82) is 0 Å². The van der Waals surface area contributed by atoms with Crippen LogP contribution in [0.2, 0.25) is 0 Å². The van der Waals surface area contributed by atoms with Crippen LogP contribution in [0.1, 0.15) is 38.8 Å². The SMILES string of the molecule is CCc1ccccc1NC(=O)c1cncc(C(=O)NCCc2ccc(F)cc2)c1. The van der Waals surface area contributed by atoms with Crippen molar-refractivity contribution in [2.45, 2.75) is 19.8 Å². The number of aromatic nitrogens is 1. The number of anilines is 1. The zero-order chi connectivity index (χ0) is 20.6. The summed E-state index contributed by atoms with van der Waals surface area (Å²) in [5.41, 5.74) is 3.31. The minimum Gasteiger partial charge on any atom is -0.352 e. The number of hydrogen-bond acceptors (Lipinski definition) is 3. The summed E-state index contributed by atoms with van der Waals surface area (Å²) in [5.74, 6) is -0.928. The first-order chi connectivity index (χ1) is 14.1. The molecule has 0 atom stereocenters. The second-order valence-electron chi connectivity index (χ2n) is 6.56. The van der Waals surface area contributed by atoms with E-state index in [0.717, 1.165) is 23.2 Å². The van der Waals surface area contributed by atoms with Gasteiger partial charge in [-0.25, -0.2) is 4.39 Å². The van der Waals surface area contributed by atoms with Crippen LogP contribution in [0.4, 0.5) is 10.1 Å². The van der Waals surface area contributed by atoms with Gasteiger partial charge in [0.15, 0.2) is 0 Å².